The van der Waals surface area contributed by atoms with Gasteiger partial charge in [-0.3, -0.25) is 4.79 Å². The van der Waals surface area contributed by atoms with E-state index >= 15 is 0 Å². The number of rotatable bonds is 3. The number of carbonyl (C=O) groups is 1. The maximum Gasteiger partial charge on any atom is 0.224 e. The second-order valence-corrected chi connectivity index (χ2v) is 5.15. The summed E-state index contributed by atoms with van der Waals surface area (Å²) in [6, 6.07) is 10.0. The lowest BCUT2D eigenvalue weighted by Gasteiger charge is -2.19. The molecule has 0 fully saturated rings. The van der Waals surface area contributed by atoms with Crippen LogP contribution in [0.15, 0.2) is 30.3 Å². The Morgan fingerprint density at radius 3 is 2.31 bits per heavy atom. The van der Waals surface area contributed by atoms with Crippen molar-refractivity contribution in [2.24, 2.45) is 5.41 Å². The van der Waals surface area contributed by atoms with Gasteiger partial charge in [0.15, 0.2) is 0 Å². The fourth-order valence-electron chi connectivity index (χ4n) is 1.47. The molecule has 0 bridgehead atoms. The summed E-state index contributed by atoms with van der Waals surface area (Å²) < 4.78 is 0. The molecule has 1 amide bonds. The van der Waals surface area contributed by atoms with Crippen molar-refractivity contribution in [3.63, 3.8) is 0 Å². The summed E-state index contributed by atoms with van der Waals surface area (Å²) in [7, 11) is 0. The largest absolute Gasteiger partial charge is 0.349 e. The number of amides is 1. The molecule has 1 rings (SSSR count). The third kappa shape index (κ3) is 4.47. The SMILES string of the molecule is C[C@@H](NC(=O)[CH]C(C)(C)C)c1ccccc1. The van der Waals surface area contributed by atoms with Gasteiger partial charge in [0.1, 0.15) is 0 Å². The second-order valence-electron chi connectivity index (χ2n) is 5.15. The molecular weight excluding hydrogens is 198 g/mol. The summed E-state index contributed by atoms with van der Waals surface area (Å²) >= 11 is 0. The van der Waals surface area contributed by atoms with Gasteiger partial charge in [-0.05, 0) is 17.9 Å². The van der Waals surface area contributed by atoms with Gasteiger partial charge in [0.05, 0.1) is 12.5 Å². The van der Waals surface area contributed by atoms with E-state index in [1.165, 1.54) is 0 Å². The fraction of sp³-hybridized carbons (Fsp3) is 0.429. The van der Waals surface area contributed by atoms with Crippen LogP contribution in [0.5, 0.6) is 0 Å². The van der Waals surface area contributed by atoms with Crippen molar-refractivity contribution >= 4 is 5.91 Å². The Hall–Kier alpha value is -1.31. The molecule has 0 saturated heterocycles. The van der Waals surface area contributed by atoms with Gasteiger partial charge in [-0.2, -0.15) is 0 Å². The molecule has 0 aliphatic rings. The zero-order valence-corrected chi connectivity index (χ0v) is 10.4. The molecule has 1 aromatic rings. The highest BCUT2D eigenvalue weighted by Gasteiger charge is 2.18. The molecule has 87 valence electrons. The first-order valence-electron chi connectivity index (χ1n) is 5.60. The van der Waals surface area contributed by atoms with Gasteiger partial charge < -0.3 is 5.32 Å². The standard InChI is InChI=1S/C14H20NO/c1-11(12-8-6-5-7-9-12)15-13(16)10-14(2,3)4/h5-11H,1-4H3,(H,15,16)/t11-/m1/s1. The summed E-state index contributed by atoms with van der Waals surface area (Å²) in [5.41, 5.74) is 1.04. The molecule has 0 unspecified atom stereocenters. The Labute approximate surface area is 98.1 Å². The number of hydrogen-bond donors (Lipinski definition) is 1. The van der Waals surface area contributed by atoms with Gasteiger partial charge in [-0.25, -0.2) is 0 Å². The average molecular weight is 218 g/mol. The molecule has 16 heavy (non-hydrogen) atoms. The number of carbonyl (C=O) groups excluding carboxylic acids is 1. The molecule has 0 aromatic heterocycles. The van der Waals surface area contributed by atoms with Crippen molar-refractivity contribution in [3.8, 4) is 0 Å². The molecule has 1 N–H and O–H groups in total. The van der Waals surface area contributed by atoms with E-state index in [4.69, 9.17) is 0 Å². The minimum absolute atomic E-state index is 0.0103. The van der Waals surface area contributed by atoms with Crippen LogP contribution in [0.1, 0.15) is 39.3 Å². The highest BCUT2D eigenvalue weighted by atomic mass is 16.1. The van der Waals surface area contributed by atoms with Gasteiger partial charge in [-0.1, -0.05) is 51.1 Å². The minimum atomic E-state index is -0.0828. The predicted octanol–water partition coefficient (Wildman–Crippen LogP) is 3.11. The van der Waals surface area contributed by atoms with Gasteiger partial charge in [-0.15, -0.1) is 0 Å². The van der Waals surface area contributed by atoms with Crippen LogP contribution in [-0.4, -0.2) is 5.91 Å². The Kier molecular flexibility index (Phi) is 4.11. The summed E-state index contributed by atoms with van der Waals surface area (Å²) in [6.45, 7) is 8.03. The van der Waals surface area contributed by atoms with Crippen LogP contribution < -0.4 is 5.32 Å². The van der Waals surface area contributed by atoms with Crippen LogP contribution in [0.3, 0.4) is 0 Å². The van der Waals surface area contributed by atoms with Crippen molar-refractivity contribution in [1.29, 1.82) is 0 Å². The Balaban J connectivity index is 2.52. The quantitative estimate of drug-likeness (QED) is 0.829. The lowest BCUT2D eigenvalue weighted by atomic mass is 9.92. The van der Waals surface area contributed by atoms with Crippen molar-refractivity contribution in [1.82, 2.24) is 5.32 Å². The Morgan fingerprint density at radius 2 is 1.81 bits per heavy atom. The van der Waals surface area contributed by atoms with Crippen LogP contribution in [0, 0.1) is 11.8 Å². The molecule has 1 radical (unpaired) electrons. The monoisotopic (exact) mass is 218 g/mol. The molecule has 0 saturated carbocycles. The van der Waals surface area contributed by atoms with Crippen LogP contribution in [-0.2, 0) is 4.79 Å². The number of nitrogens with one attached hydrogen (secondary N) is 1. The summed E-state index contributed by atoms with van der Waals surface area (Å²) in [5, 5.41) is 2.96. The Bertz CT molecular complexity index is 338. The molecule has 1 aromatic carbocycles. The summed E-state index contributed by atoms with van der Waals surface area (Å²) in [6.07, 6.45) is 1.71. The molecule has 0 aliphatic carbocycles. The molecule has 2 heteroatoms. The van der Waals surface area contributed by atoms with Gasteiger partial charge in [0.25, 0.3) is 0 Å². The first kappa shape index (κ1) is 12.8. The van der Waals surface area contributed by atoms with Crippen molar-refractivity contribution in [2.75, 3.05) is 0 Å². The topological polar surface area (TPSA) is 29.1 Å². The molecule has 0 spiro atoms. The Morgan fingerprint density at radius 1 is 1.25 bits per heavy atom. The maximum absolute atomic E-state index is 11.7. The molecular formula is C14H20NO. The predicted molar refractivity (Wildman–Crippen MR) is 66.8 cm³/mol. The van der Waals surface area contributed by atoms with E-state index in [0.29, 0.717) is 0 Å². The van der Waals surface area contributed by atoms with Gasteiger partial charge in [0.2, 0.25) is 5.91 Å². The highest BCUT2D eigenvalue weighted by Crippen LogP contribution is 2.18. The van der Waals surface area contributed by atoms with E-state index in [0.717, 1.165) is 5.56 Å². The average Bonchev–Trinajstić information content (AvgIpc) is 2.16. The zero-order valence-electron chi connectivity index (χ0n) is 10.4. The first-order valence-corrected chi connectivity index (χ1v) is 5.60. The lowest BCUT2D eigenvalue weighted by molar-refractivity contribution is -0.119. The highest BCUT2D eigenvalue weighted by molar-refractivity contribution is 5.85. The maximum atomic E-state index is 11.7. The fourth-order valence-corrected chi connectivity index (χ4v) is 1.47. The van der Waals surface area contributed by atoms with E-state index in [2.05, 4.69) is 5.32 Å². The molecule has 1 atom stereocenters. The van der Waals surface area contributed by atoms with E-state index in [9.17, 15) is 4.79 Å². The van der Waals surface area contributed by atoms with Crippen molar-refractivity contribution in [2.45, 2.75) is 33.7 Å². The van der Waals surface area contributed by atoms with Crippen molar-refractivity contribution < 1.29 is 4.79 Å². The van der Waals surface area contributed by atoms with Crippen LogP contribution in [0.2, 0.25) is 0 Å². The molecule has 0 aliphatic heterocycles. The summed E-state index contributed by atoms with van der Waals surface area (Å²) in [5.74, 6) is -0.0103. The first-order chi connectivity index (χ1) is 7.38. The number of hydrogen-bond acceptors (Lipinski definition) is 1. The molecule has 2 nitrogen and oxygen atoms in total. The lowest BCUT2D eigenvalue weighted by Crippen LogP contribution is -2.30. The van der Waals surface area contributed by atoms with E-state index in [1.54, 1.807) is 6.42 Å². The third-order valence-electron chi connectivity index (χ3n) is 2.22. The zero-order chi connectivity index (χ0) is 12.2. The normalized spacial score (nSPS) is 13.2. The van der Waals surface area contributed by atoms with E-state index in [-0.39, 0.29) is 17.4 Å². The van der Waals surface area contributed by atoms with Crippen LogP contribution >= 0.6 is 0 Å². The van der Waals surface area contributed by atoms with E-state index in [1.807, 2.05) is 58.0 Å². The molecule has 0 heterocycles. The van der Waals surface area contributed by atoms with Crippen molar-refractivity contribution in [3.05, 3.63) is 42.3 Å². The van der Waals surface area contributed by atoms with Gasteiger partial charge in [0, 0.05) is 0 Å². The minimum Gasteiger partial charge on any atom is -0.349 e. The van der Waals surface area contributed by atoms with Crippen LogP contribution in [0.4, 0.5) is 0 Å². The van der Waals surface area contributed by atoms with Gasteiger partial charge >= 0.3 is 0 Å². The third-order valence-corrected chi connectivity index (χ3v) is 2.22. The van der Waals surface area contributed by atoms with E-state index < -0.39 is 0 Å². The second kappa shape index (κ2) is 5.15. The summed E-state index contributed by atoms with van der Waals surface area (Å²) in [4.78, 5) is 11.7. The number of benzene rings is 1. The van der Waals surface area contributed by atoms with Crippen LogP contribution in [0.25, 0.3) is 0 Å². The smallest absolute Gasteiger partial charge is 0.224 e.